The van der Waals surface area contributed by atoms with Crippen molar-refractivity contribution in [1.29, 1.82) is 0 Å². The van der Waals surface area contributed by atoms with Crippen LogP contribution in [0.5, 0.6) is 0 Å². The first-order valence-electron chi connectivity index (χ1n) is 4.15. The molecule has 0 unspecified atom stereocenters. The number of carbonyl (C=O) groups excluding carboxylic acids is 1. The van der Waals surface area contributed by atoms with Crippen LogP contribution in [0.1, 0.15) is 15.9 Å². The average Bonchev–Trinajstić information content (AvgIpc) is 2.57. The Morgan fingerprint density at radius 1 is 1.20 bits per heavy atom. The molecule has 5 heteroatoms. The molecule has 0 aliphatic heterocycles. The first kappa shape index (κ1) is 9.76. The molecule has 0 saturated heterocycles. The Kier molecular flexibility index (Phi) is 2.03. The van der Waals surface area contributed by atoms with E-state index in [0.717, 1.165) is 12.1 Å². The fourth-order valence-electron chi connectivity index (χ4n) is 1.40. The minimum absolute atomic E-state index is 0.251. The topological polar surface area (TPSA) is 21.5 Å². The van der Waals surface area contributed by atoms with E-state index in [-0.39, 0.29) is 11.1 Å². The molecule has 0 spiro atoms. The normalized spacial score (nSPS) is 11.9. The summed E-state index contributed by atoms with van der Waals surface area (Å²) in [5.74, 6) is 0. The maximum Gasteiger partial charge on any atom is 0.416 e. The maximum absolute atomic E-state index is 12.4. The van der Waals surface area contributed by atoms with Gasteiger partial charge in [-0.05, 0) is 18.2 Å². The Balaban J connectivity index is 2.68. The number of halogens is 3. The van der Waals surface area contributed by atoms with Crippen LogP contribution >= 0.6 is 0 Å². The summed E-state index contributed by atoms with van der Waals surface area (Å²) in [6.07, 6.45) is -1.02. The molecule has 0 fully saturated rings. The van der Waals surface area contributed by atoms with Gasteiger partial charge in [0.25, 0.3) is 0 Å². The third kappa shape index (κ3) is 1.60. The Morgan fingerprint density at radius 3 is 2.47 bits per heavy atom. The Labute approximate surface area is 82.9 Å². The van der Waals surface area contributed by atoms with E-state index in [9.17, 15) is 18.0 Å². The first-order valence-corrected chi connectivity index (χ1v) is 4.15. The van der Waals surface area contributed by atoms with Gasteiger partial charge in [0.05, 0.1) is 11.1 Å². The lowest BCUT2D eigenvalue weighted by Crippen LogP contribution is -2.05. The second-order valence-corrected chi connectivity index (χ2v) is 3.09. The number of fused-ring (bicyclic) bond motifs is 1. The molecule has 78 valence electrons. The molecule has 0 amide bonds. The Bertz CT molecular complexity index is 513. The van der Waals surface area contributed by atoms with Crippen molar-refractivity contribution in [3.63, 3.8) is 0 Å². The molecule has 0 atom stereocenters. The Morgan fingerprint density at radius 2 is 1.87 bits per heavy atom. The highest BCUT2D eigenvalue weighted by Crippen LogP contribution is 2.30. The van der Waals surface area contributed by atoms with E-state index < -0.39 is 11.7 Å². The second kappa shape index (κ2) is 3.12. The van der Waals surface area contributed by atoms with Crippen LogP contribution in [0.4, 0.5) is 13.2 Å². The number of hydrogen-bond donors (Lipinski definition) is 0. The lowest BCUT2D eigenvalue weighted by atomic mass is 10.2. The standard InChI is InChI=1S/C10H6F3NO/c11-10(12,13)8-2-4-14-3-1-7(6-15)9(14)5-8/h1-6H. The molecule has 0 saturated carbocycles. The summed E-state index contributed by atoms with van der Waals surface area (Å²) in [5, 5.41) is 0. The van der Waals surface area contributed by atoms with Gasteiger partial charge >= 0.3 is 6.18 Å². The van der Waals surface area contributed by atoms with E-state index in [0.29, 0.717) is 6.29 Å². The summed E-state index contributed by atoms with van der Waals surface area (Å²) >= 11 is 0. The average molecular weight is 213 g/mol. The number of pyridine rings is 1. The zero-order chi connectivity index (χ0) is 11.1. The van der Waals surface area contributed by atoms with Crippen molar-refractivity contribution in [2.24, 2.45) is 0 Å². The van der Waals surface area contributed by atoms with Crippen LogP contribution in [0.2, 0.25) is 0 Å². The van der Waals surface area contributed by atoms with Gasteiger partial charge in [-0.1, -0.05) is 0 Å². The summed E-state index contributed by atoms with van der Waals surface area (Å²) in [7, 11) is 0. The largest absolute Gasteiger partial charge is 0.416 e. The molecule has 2 aromatic heterocycles. The van der Waals surface area contributed by atoms with E-state index in [1.165, 1.54) is 16.7 Å². The van der Waals surface area contributed by atoms with Crippen molar-refractivity contribution in [3.8, 4) is 0 Å². The van der Waals surface area contributed by atoms with E-state index in [1.54, 1.807) is 6.20 Å². The lowest BCUT2D eigenvalue weighted by Gasteiger charge is -2.06. The molecule has 0 aromatic carbocycles. The van der Waals surface area contributed by atoms with E-state index in [2.05, 4.69) is 0 Å². The molecular formula is C10H6F3NO. The van der Waals surface area contributed by atoms with E-state index in [1.807, 2.05) is 0 Å². The van der Waals surface area contributed by atoms with E-state index >= 15 is 0 Å². The minimum atomic E-state index is -4.38. The highest BCUT2D eigenvalue weighted by molar-refractivity contribution is 5.86. The first-order chi connectivity index (χ1) is 7.02. The van der Waals surface area contributed by atoms with Crippen molar-refractivity contribution in [3.05, 3.63) is 41.7 Å². The van der Waals surface area contributed by atoms with Crippen molar-refractivity contribution in [2.75, 3.05) is 0 Å². The van der Waals surface area contributed by atoms with Gasteiger partial charge < -0.3 is 4.40 Å². The molecule has 15 heavy (non-hydrogen) atoms. The number of aromatic nitrogens is 1. The minimum Gasteiger partial charge on any atom is -0.323 e. The number of alkyl halides is 3. The molecule has 2 rings (SSSR count). The monoisotopic (exact) mass is 213 g/mol. The van der Waals surface area contributed by atoms with Crippen molar-refractivity contribution in [2.45, 2.75) is 6.18 Å². The quantitative estimate of drug-likeness (QED) is 0.667. The van der Waals surface area contributed by atoms with Crippen LogP contribution in [0.3, 0.4) is 0 Å². The fraction of sp³-hybridized carbons (Fsp3) is 0.100. The summed E-state index contributed by atoms with van der Waals surface area (Å²) < 4.78 is 38.6. The summed E-state index contributed by atoms with van der Waals surface area (Å²) in [6.45, 7) is 0. The van der Waals surface area contributed by atoms with Crippen LogP contribution < -0.4 is 0 Å². The van der Waals surface area contributed by atoms with E-state index in [4.69, 9.17) is 0 Å². The summed E-state index contributed by atoms with van der Waals surface area (Å²) in [5.41, 5.74) is -0.238. The van der Waals surface area contributed by atoms with Gasteiger partial charge in [-0.3, -0.25) is 4.79 Å². The number of rotatable bonds is 1. The smallest absolute Gasteiger partial charge is 0.323 e. The van der Waals surface area contributed by atoms with Gasteiger partial charge in [-0.2, -0.15) is 13.2 Å². The number of carbonyl (C=O) groups is 1. The molecule has 2 heterocycles. The zero-order valence-corrected chi connectivity index (χ0v) is 7.45. The molecule has 0 bridgehead atoms. The van der Waals surface area contributed by atoms with Crippen LogP contribution in [0.25, 0.3) is 5.52 Å². The molecular weight excluding hydrogens is 207 g/mol. The highest BCUT2D eigenvalue weighted by Gasteiger charge is 2.30. The fourth-order valence-corrected chi connectivity index (χ4v) is 1.40. The van der Waals surface area contributed by atoms with Crippen LogP contribution in [-0.2, 0) is 6.18 Å². The van der Waals surface area contributed by atoms with Gasteiger partial charge in [-0.25, -0.2) is 0 Å². The van der Waals surface area contributed by atoms with Gasteiger partial charge in [0, 0.05) is 18.0 Å². The number of aldehydes is 1. The van der Waals surface area contributed by atoms with Gasteiger partial charge in [0.1, 0.15) is 0 Å². The summed E-state index contributed by atoms with van der Waals surface area (Å²) in [6, 6.07) is 3.41. The van der Waals surface area contributed by atoms with Gasteiger partial charge in [-0.15, -0.1) is 0 Å². The molecule has 0 N–H and O–H groups in total. The van der Waals surface area contributed by atoms with Crippen LogP contribution in [-0.4, -0.2) is 10.7 Å². The number of nitrogens with zero attached hydrogens (tertiary/aromatic N) is 1. The predicted molar refractivity (Wildman–Crippen MR) is 47.8 cm³/mol. The summed E-state index contributed by atoms with van der Waals surface area (Å²) in [4.78, 5) is 10.5. The van der Waals surface area contributed by atoms with Crippen LogP contribution in [0, 0.1) is 0 Å². The molecule has 0 aliphatic rings. The Hall–Kier alpha value is -1.78. The van der Waals surface area contributed by atoms with Gasteiger partial charge in [0.2, 0.25) is 0 Å². The van der Waals surface area contributed by atoms with Crippen LogP contribution in [0.15, 0.2) is 30.6 Å². The molecule has 2 nitrogen and oxygen atoms in total. The van der Waals surface area contributed by atoms with Crippen molar-refractivity contribution >= 4 is 11.8 Å². The highest BCUT2D eigenvalue weighted by atomic mass is 19.4. The van der Waals surface area contributed by atoms with Crippen molar-refractivity contribution < 1.29 is 18.0 Å². The molecule has 0 aliphatic carbocycles. The SMILES string of the molecule is O=Cc1ccn2ccc(C(F)(F)F)cc12. The second-order valence-electron chi connectivity index (χ2n) is 3.09. The van der Waals surface area contributed by atoms with Gasteiger partial charge in [0.15, 0.2) is 6.29 Å². The third-order valence-electron chi connectivity index (χ3n) is 2.15. The predicted octanol–water partition coefficient (Wildman–Crippen LogP) is 2.77. The number of hydrogen-bond acceptors (Lipinski definition) is 1. The third-order valence-corrected chi connectivity index (χ3v) is 2.15. The zero-order valence-electron chi connectivity index (χ0n) is 7.45. The molecule has 2 aromatic rings. The molecule has 0 radical (unpaired) electrons. The van der Waals surface area contributed by atoms with Crippen molar-refractivity contribution in [1.82, 2.24) is 4.40 Å². The maximum atomic E-state index is 12.4. The lowest BCUT2D eigenvalue weighted by molar-refractivity contribution is -0.137.